The number of anilines is 1. The summed E-state index contributed by atoms with van der Waals surface area (Å²) in [5.41, 5.74) is 2.92. The Balaban J connectivity index is 1.48. The summed E-state index contributed by atoms with van der Waals surface area (Å²) in [6, 6.07) is 17.3. The largest absolute Gasteiger partial charge is 0.481 e. The van der Waals surface area contributed by atoms with Crippen molar-refractivity contribution >= 4 is 34.7 Å². The molecule has 5 rings (SSSR count). The van der Waals surface area contributed by atoms with Crippen LogP contribution in [0.15, 0.2) is 66.2 Å². The molecule has 1 amide bonds. The standard InChI is InChI=1S/C28H30N4O3S/c33-24(34)17-22(20-11-5-2-6-12-20)30-28(35)21-13-7-15-32-26(21)31-25(23-14-8-16-36-23)27(32)29-18-19-9-3-1-4-10-19/h1,3-4,7-10,13-16,20,22,29H,2,5-6,11-12,17-18H2,(H,30,35)(H,33,34). The minimum Gasteiger partial charge on any atom is -0.481 e. The van der Waals surface area contributed by atoms with E-state index in [1.807, 2.05) is 52.4 Å². The van der Waals surface area contributed by atoms with Crippen molar-refractivity contribution in [3.8, 4) is 10.6 Å². The molecule has 0 saturated heterocycles. The first-order valence-electron chi connectivity index (χ1n) is 12.5. The Hall–Kier alpha value is -3.65. The second-order valence-electron chi connectivity index (χ2n) is 9.32. The molecule has 8 heteroatoms. The van der Waals surface area contributed by atoms with E-state index in [1.165, 1.54) is 6.42 Å². The van der Waals surface area contributed by atoms with Gasteiger partial charge in [-0.3, -0.25) is 14.0 Å². The van der Waals surface area contributed by atoms with E-state index in [1.54, 1.807) is 17.4 Å². The van der Waals surface area contributed by atoms with Gasteiger partial charge in [0.2, 0.25) is 0 Å². The zero-order valence-corrected chi connectivity index (χ0v) is 20.8. The maximum Gasteiger partial charge on any atom is 0.305 e. The van der Waals surface area contributed by atoms with Crippen molar-refractivity contribution in [1.82, 2.24) is 14.7 Å². The number of carboxylic acids is 1. The number of carboxylic acid groups (broad SMARTS) is 1. The van der Waals surface area contributed by atoms with Gasteiger partial charge in [0.15, 0.2) is 5.65 Å². The number of nitrogens with zero attached hydrogens (tertiary/aromatic N) is 2. The number of thiophene rings is 1. The third-order valence-electron chi connectivity index (χ3n) is 6.88. The molecule has 1 aliphatic carbocycles. The third kappa shape index (κ3) is 5.28. The van der Waals surface area contributed by atoms with Crippen molar-refractivity contribution in [3.63, 3.8) is 0 Å². The number of imidazole rings is 1. The molecule has 3 N–H and O–H groups in total. The van der Waals surface area contributed by atoms with Gasteiger partial charge >= 0.3 is 5.97 Å². The summed E-state index contributed by atoms with van der Waals surface area (Å²) in [6.07, 6.45) is 7.05. The molecule has 186 valence electrons. The van der Waals surface area contributed by atoms with Gasteiger partial charge in [-0.1, -0.05) is 55.7 Å². The molecular weight excluding hydrogens is 472 g/mol. The summed E-state index contributed by atoms with van der Waals surface area (Å²) in [4.78, 5) is 31.0. The average Bonchev–Trinajstić information content (AvgIpc) is 3.56. The monoisotopic (exact) mass is 502 g/mol. The van der Waals surface area contributed by atoms with Crippen LogP contribution in [0.2, 0.25) is 0 Å². The predicted molar refractivity (Wildman–Crippen MR) is 142 cm³/mol. The van der Waals surface area contributed by atoms with Crippen LogP contribution < -0.4 is 10.6 Å². The predicted octanol–water partition coefficient (Wildman–Crippen LogP) is 5.83. The summed E-state index contributed by atoms with van der Waals surface area (Å²) in [5.74, 6) is -0.171. The Morgan fingerprint density at radius 3 is 2.58 bits per heavy atom. The van der Waals surface area contributed by atoms with Crippen molar-refractivity contribution in [1.29, 1.82) is 0 Å². The molecule has 1 atom stereocenters. The van der Waals surface area contributed by atoms with Crippen LogP contribution in [0, 0.1) is 5.92 Å². The Morgan fingerprint density at radius 2 is 1.86 bits per heavy atom. The molecule has 0 aliphatic heterocycles. The maximum atomic E-state index is 13.5. The molecule has 1 unspecified atom stereocenters. The topological polar surface area (TPSA) is 95.7 Å². The Labute approximate surface area is 214 Å². The summed E-state index contributed by atoms with van der Waals surface area (Å²) in [7, 11) is 0. The maximum absolute atomic E-state index is 13.5. The molecule has 1 aromatic carbocycles. The van der Waals surface area contributed by atoms with Gasteiger partial charge in [0.05, 0.1) is 16.9 Å². The summed E-state index contributed by atoms with van der Waals surface area (Å²) in [6.45, 7) is 0.617. The first-order chi connectivity index (χ1) is 17.6. The Morgan fingerprint density at radius 1 is 1.06 bits per heavy atom. The number of rotatable bonds is 9. The molecule has 3 heterocycles. The van der Waals surface area contributed by atoms with E-state index < -0.39 is 12.0 Å². The highest BCUT2D eigenvalue weighted by Gasteiger charge is 2.28. The van der Waals surface area contributed by atoms with Crippen molar-refractivity contribution < 1.29 is 14.7 Å². The van der Waals surface area contributed by atoms with Crippen molar-refractivity contribution in [2.45, 2.75) is 51.1 Å². The number of aromatic nitrogens is 2. The fourth-order valence-electron chi connectivity index (χ4n) is 5.09. The van der Waals surface area contributed by atoms with Crippen LogP contribution >= 0.6 is 11.3 Å². The number of aliphatic carboxylic acids is 1. The highest BCUT2D eigenvalue weighted by atomic mass is 32.1. The van der Waals surface area contributed by atoms with E-state index >= 15 is 0 Å². The van der Waals surface area contributed by atoms with Crippen LogP contribution in [-0.2, 0) is 11.3 Å². The number of carbonyl (C=O) groups is 2. The van der Waals surface area contributed by atoms with Gasteiger partial charge in [-0.05, 0) is 47.9 Å². The molecule has 4 aromatic rings. The molecule has 0 spiro atoms. The minimum atomic E-state index is -0.891. The van der Waals surface area contributed by atoms with Gasteiger partial charge in [-0.15, -0.1) is 11.3 Å². The van der Waals surface area contributed by atoms with Crippen LogP contribution in [0.5, 0.6) is 0 Å². The first-order valence-corrected chi connectivity index (χ1v) is 13.3. The summed E-state index contributed by atoms with van der Waals surface area (Å²) < 4.78 is 1.92. The Bertz CT molecular complexity index is 1330. The Kier molecular flexibility index (Phi) is 7.32. The number of pyridine rings is 1. The highest BCUT2D eigenvalue weighted by Crippen LogP contribution is 2.33. The second kappa shape index (κ2) is 11.0. The van der Waals surface area contributed by atoms with Gasteiger partial charge in [-0.2, -0.15) is 0 Å². The van der Waals surface area contributed by atoms with Gasteiger partial charge in [0, 0.05) is 18.8 Å². The van der Waals surface area contributed by atoms with Crippen molar-refractivity contribution in [3.05, 3.63) is 77.3 Å². The van der Waals surface area contributed by atoms with E-state index in [4.69, 9.17) is 4.98 Å². The lowest BCUT2D eigenvalue weighted by Crippen LogP contribution is -2.42. The summed E-state index contributed by atoms with van der Waals surface area (Å²) >= 11 is 1.60. The molecular formula is C28H30N4O3S. The number of hydrogen-bond donors (Lipinski definition) is 3. The lowest BCUT2D eigenvalue weighted by atomic mass is 9.82. The van der Waals surface area contributed by atoms with Gasteiger partial charge in [0.25, 0.3) is 5.91 Å². The molecule has 0 radical (unpaired) electrons. The zero-order chi connectivity index (χ0) is 24.9. The number of carbonyl (C=O) groups excluding carboxylic acids is 1. The fourth-order valence-corrected chi connectivity index (χ4v) is 5.80. The number of nitrogens with one attached hydrogen (secondary N) is 2. The van der Waals surface area contributed by atoms with Crippen LogP contribution in [0.3, 0.4) is 0 Å². The summed E-state index contributed by atoms with van der Waals surface area (Å²) in [5, 5.41) is 18.1. The molecule has 36 heavy (non-hydrogen) atoms. The molecule has 1 aliphatic rings. The molecule has 7 nitrogen and oxygen atoms in total. The van der Waals surface area contributed by atoms with E-state index in [2.05, 4.69) is 22.8 Å². The average molecular weight is 503 g/mol. The fraction of sp³-hybridized carbons (Fsp3) is 0.321. The second-order valence-corrected chi connectivity index (χ2v) is 10.3. The lowest BCUT2D eigenvalue weighted by Gasteiger charge is -2.30. The quantitative estimate of drug-likeness (QED) is 0.268. The third-order valence-corrected chi connectivity index (χ3v) is 7.76. The van der Waals surface area contributed by atoms with Gasteiger partial charge < -0.3 is 15.7 Å². The van der Waals surface area contributed by atoms with Crippen LogP contribution in [0.4, 0.5) is 5.82 Å². The van der Waals surface area contributed by atoms with E-state index in [0.29, 0.717) is 17.8 Å². The van der Waals surface area contributed by atoms with Crippen molar-refractivity contribution in [2.75, 3.05) is 5.32 Å². The van der Waals surface area contributed by atoms with Crippen LogP contribution in [-0.4, -0.2) is 32.4 Å². The molecule has 1 saturated carbocycles. The first kappa shape index (κ1) is 24.1. The number of benzene rings is 1. The molecule has 0 bridgehead atoms. The number of fused-ring (bicyclic) bond motifs is 1. The lowest BCUT2D eigenvalue weighted by molar-refractivity contribution is -0.137. The van der Waals surface area contributed by atoms with Gasteiger partial charge in [0.1, 0.15) is 11.5 Å². The van der Waals surface area contributed by atoms with E-state index in [9.17, 15) is 14.7 Å². The normalized spacial score (nSPS) is 15.0. The zero-order valence-electron chi connectivity index (χ0n) is 20.0. The van der Waals surface area contributed by atoms with E-state index in [0.717, 1.165) is 47.6 Å². The van der Waals surface area contributed by atoms with Gasteiger partial charge in [-0.25, -0.2) is 4.98 Å². The molecule has 3 aromatic heterocycles. The SMILES string of the molecule is O=C(O)CC(NC(=O)c1cccn2c(NCc3ccccc3)c(-c3cccs3)nc12)C1CCCCC1. The van der Waals surface area contributed by atoms with Crippen molar-refractivity contribution in [2.24, 2.45) is 5.92 Å². The van der Waals surface area contributed by atoms with Crippen LogP contribution in [0.1, 0.15) is 54.4 Å². The minimum absolute atomic E-state index is 0.0711. The smallest absolute Gasteiger partial charge is 0.305 e. The highest BCUT2D eigenvalue weighted by molar-refractivity contribution is 7.13. The number of amides is 1. The van der Waals surface area contributed by atoms with E-state index in [-0.39, 0.29) is 18.2 Å². The number of hydrogen-bond acceptors (Lipinski definition) is 5. The van der Waals surface area contributed by atoms with Crippen LogP contribution in [0.25, 0.3) is 16.2 Å². The molecule has 1 fully saturated rings.